The van der Waals surface area contributed by atoms with Crippen molar-refractivity contribution in [2.24, 2.45) is 0 Å². The smallest absolute Gasteiger partial charge is 0.0991 e. The Morgan fingerprint density at radius 1 is 1.05 bits per heavy atom. The first-order valence-electron chi connectivity index (χ1n) is 6.85. The third-order valence-corrected chi connectivity index (χ3v) is 3.54. The van der Waals surface area contributed by atoms with E-state index in [1.54, 1.807) is 0 Å². The van der Waals surface area contributed by atoms with Gasteiger partial charge in [0.05, 0.1) is 11.6 Å². The summed E-state index contributed by atoms with van der Waals surface area (Å²) >= 11 is 0. The van der Waals surface area contributed by atoms with Gasteiger partial charge in [0.15, 0.2) is 0 Å². The van der Waals surface area contributed by atoms with Crippen LogP contribution in [0.5, 0.6) is 0 Å². The molecular weight excluding hydrogens is 230 g/mol. The van der Waals surface area contributed by atoms with Gasteiger partial charge in [0, 0.05) is 0 Å². The van der Waals surface area contributed by atoms with Gasteiger partial charge in [-0.25, -0.2) is 0 Å². The second kappa shape index (κ2) is 6.20. The maximum Gasteiger partial charge on any atom is 0.0991 e. The van der Waals surface area contributed by atoms with Crippen molar-refractivity contribution in [3.8, 4) is 17.2 Å². The predicted molar refractivity (Wildman–Crippen MR) is 79.9 cm³/mol. The highest BCUT2D eigenvalue weighted by Gasteiger charge is 2.10. The van der Waals surface area contributed by atoms with Crippen molar-refractivity contribution >= 4 is 0 Å². The van der Waals surface area contributed by atoms with Crippen molar-refractivity contribution in [1.82, 2.24) is 0 Å². The fourth-order valence-electron chi connectivity index (χ4n) is 2.50. The standard InChI is InChI=1S/C18H19N/c1-3-6-14(2)17-7-4-5-8-18(17)16-11-9-15(13-19)10-12-16/h4-5,7-12,14H,3,6H2,1-2H3. The zero-order valence-corrected chi connectivity index (χ0v) is 11.6. The van der Waals surface area contributed by atoms with Gasteiger partial charge in [0.2, 0.25) is 0 Å². The van der Waals surface area contributed by atoms with Gasteiger partial charge in [0.1, 0.15) is 0 Å². The van der Waals surface area contributed by atoms with E-state index in [1.807, 2.05) is 24.3 Å². The Morgan fingerprint density at radius 2 is 1.74 bits per heavy atom. The van der Waals surface area contributed by atoms with E-state index in [1.165, 1.54) is 29.5 Å². The Kier molecular flexibility index (Phi) is 4.36. The highest BCUT2D eigenvalue weighted by Crippen LogP contribution is 2.31. The van der Waals surface area contributed by atoms with Gasteiger partial charge < -0.3 is 0 Å². The monoisotopic (exact) mass is 249 g/mol. The molecule has 0 aliphatic carbocycles. The van der Waals surface area contributed by atoms with Crippen LogP contribution in [-0.2, 0) is 0 Å². The molecule has 0 spiro atoms. The van der Waals surface area contributed by atoms with Crippen molar-refractivity contribution < 1.29 is 0 Å². The summed E-state index contributed by atoms with van der Waals surface area (Å²) in [5.74, 6) is 0.567. The minimum Gasteiger partial charge on any atom is -0.192 e. The van der Waals surface area contributed by atoms with Crippen LogP contribution in [0, 0.1) is 11.3 Å². The fourth-order valence-corrected chi connectivity index (χ4v) is 2.50. The minimum absolute atomic E-state index is 0.567. The maximum atomic E-state index is 8.86. The van der Waals surface area contributed by atoms with Crippen LogP contribution in [0.4, 0.5) is 0 Å². The zero-order chi connectivity index (χ0) is 13.7. The van der Waals surface area contributed by atoms with Crippen molar-refractivity contribution in [2.75, 3.05) is 0 Å². The molecule has 0 saturated carbocycles. The van der Waals surface area contributed by atoms with Crippen LogP contribution in [0.1, 0.15) is 43.7 Å². The molecule has 2 aromatic carbocycles. The molecule has 0 amide bonds. The van der Waals surface area contributed by atoms with Crippen molar-refractivity contribution in [1.29, 1.82) is 5.26 Å². The molecule has 0 aliphatic rings. The van der Waals surface area contributed by atoms with Crippen LogP contribution in [0.15, 0.2) is 48.5 Å². The van der Waals surface area contributed by atoms with Crippen molar-refractivity contribution in [3.63, 3.8) is 0 Å². The normalized spacial score (nSPS) is 11.8. The Hall–Kier alpha value is -2.07. The Labute approximate surface area is 115 Å². The summed E-state index contributed by atoms with van der Waals surface area (Å²) in [7, 11) is 0. The van der Waals surface area contributed by atoms with E-state index in [0.717, 1.165) is 0 Å². The molecule has 19 heavy (non-hydrogen) atoms. The molecule has 1 unspecified atom stereocenters. The number of hydrogen-bond donors (Lipinski definition) is 0. The lowest BCUT2D eigenvalue weighted by atomic mass is 9.89. The molecule has 0 aromatic heterocycles. The number of nitrogens with zero attached hydrogens (tertiary/aromatic N) is 1. The van der Waals surface area contributed by atoms with E-state index >= 15 is 0 Å². The summed E-state index contributed by atoms with van der Waals surface area (Å²) in [5, 5.41) is 8.86. The maximum absolute atomic E-state index is 8.86. The lowest BCUT2D eigenvalue weighted by Crippen LogP contribution is -1.96. The summed E-state index contributed by atoms with van der Waals surface area (Å²) in [6, 6.07) is 18.6. The third kappa shape index (κ3) is 3.03. The molecule has 0 bridgehead atoms. The lowest BCUT2D eigenvalue weighted by molar-refractivity contribution is 0.666. The molecule has 0 saturated heterocycles. The van der Waals surface area contributed by atoms with Crippen LogP contribution in [0.2, 0.25) is 0 Å². The van der Waals surface area contributed by atoms with Gasteiger partial charge in [-0.05, 0) is 41.2 Å². The average Bonchev–Trinajstić information content (AvgIpc) is 2.47. The van der Waals surface area contributed by atoms with Gasteiger partial charge in [-0.3, -0.25) is 0 Å². The molecular formula is C18H19N. The van der Waals surface area contributed by atoms with Crippen LogP contribution >= 0.6 is 0 Å². The molecule has 96 valence electrons. The van der Waals surface area contributed by atoms with E-state index in [9.17, 15) is 0 Å². The van der Waals surface area contributed by atoms with Crippen LogP contribution in [0.25, 0.3) is 11.1 Å². The topological polar surface area (TPSA) is 23.8 Å². The second-order valence-electron chi connectivity index (χ2n) is 4.97. The Bertz CT molecular complexity index is 575. The molecule has 1 atom stereocenters. The first-order valence-corrected chi connectivity index (χ1v) is 6.85. The van der Waals surface area contributed by atoms with Crippen molar-refractivity contribution in [3.05, 3.63) is 59.7 Å². The molecule has 0 radical (unpaired) electrons. The molecule has 0 N–H and O–H groups in total. The SMILES string of the molecule is CCCC(C)c1ccccc1-c1ccc(C#N)cc1. The first-order chi connectivity index (χ1) is 9.26. The first kappa shape index (κ1) is 13.4. The highest BCUT2D eigenvalue weighted by atomic mass is 14.2. The minimum atomic E-state index is 0.567. The summed E-state index contributed by atoms with van der Waals surface area (Å²) in [5.41, 5.74) is 4.59. The summed E-state index contributed by atoms with van der Waals surface area (Å²) in [6.07, 6.45) is 2.40. The van der Waals surface area contributed by atoms with Gasteiger partial charge in [-0.2, -0.15) is 5.26 Å². The fraction of sp³-hybridized carbons (Fsp3) is 0.278. The second-order valence-corrected chi connectivity index (χ2v) is 4.97. The van der Waals surface area contributed by atoms with E-state index in [4.69, 9.17) is 5.26 Å². The Morgan fingerprint density at radius 3 is 2.37 bits per heavy atom. The van der Waals surface area contributed by atoms with E-state index in [2.05, 4.69) is 44.2 Å². The molecule has 0 aliphatic heterocycles. The van der Waals surface area contributed by atoms with E-state index in [-0.39, 0.29) is 0 Å². The number of hydrogen-bond acceptors (Lipinski definition) is 1. The third-order valence-electron chi connectivity index (χ3n) is 3.54. The highest BCUT2D eigenvalue weighted by molar-refractivity contribution is 5.68. The number of benzene rings is 2. The van der Waals surface area contributed by atoms with Gasteiger partial charge in [-0.15, -0.1) is 0 Å². The molecule has 1 heteroatoms. The van der Waals surface area contributed by atoms with Crippen LogP contribution in [-0.4, -0.2) is 0 Å². The average molecular weight is 249 g/mol. The summed E-state index contributed by atoms with van der Waals surface area (Å²) in [4.78, 5) is 0. The summed E-state index contributed by atoms with van der Waals surface area (Å²) in [6.45, 7) is 4.51. The molecule has 0 heterocycles. The molecule has 2 rings (SSSR count). The molecule has 2 aromatic rings. The predicted octanol–water partition coefficient (Wildman–Crippen LogP) is 5.13. The van der Waals surface area contributed by atoms with Gasteiger partial charge in [0.25, 0.3) is 0 Å². The van der Waals surface area contributed by atoms with Gasteiger partial charge >= 0.3 is 0 Å². The lowest BCUT2D eigenvalue weighted by Gasteiger charge is -2.16. The summed E-state index contributed by atoms with van der Waals surface area (Å²) < 4.78 is 0. The van der Waals surface area contributed by atoms with Gasteiger partial charge in [-0.1, -0.05) is 56.7 Å². The van der Waals surface area contributed by atoms with Crippen molar-refractivity contribution in [2.45, 2.75) is 32.6 Å². The molecule has 1 nitrogen and oxygen atoms in total. The van der Waals surface area contributed by atoms with E-state index in [0.29, 0.717) is 11.5 Å². The zero-order valence-electron chi connectivity index (χ0n) is 11.6. The number of nitriles is 1. The Balaban J connectivity index is 2.41. The van der Waals surface area contributed by atoms with Crippen LogP contribution < -0.4 is 0 Å². The largest absolute Gasteiger partial charge is 0.192 e. The van der Waals surface area contributed by atoms with Crippen LogP contribution in [0.3, 0.4) is 0 Å². The quantitative estimate of drug-likeness (QED) is 0.737. The van der Waals surface area contributed by atoms with E-state index < -0.39 is 0 Å². The number of rotatable bonds is 4. The molecule has 0 fully saturated rings.